The van der Waals surface area contributed by atoms with Gasteiger partial charge < -0.3 is 9.64 Å². The second kappa shape index (κ2) is 5.54. The summed E-state index contributed by atoms with van der Waals surface area (Å²) in [5.74, 6) is 0.998. The minimum atomic E-state index is 0.169. The number of nitrogens with zero attached hydrogens (tertiary/aromatic N) is 1. The lowest BCUT2D eigenvalue weighted by atomic mass is 9.86. The highest BCUT2D eigenvalue weighted by Gasteiger charge is 2.16. The molecule has 1 aromatic carbocycles. The Bertz CT molecular complexity index is 366. The largest absolute Gasteiger partial charge is 0.496 e. The van der Waals surface area contributed by atoms with E-state index in [4.69, 9.17) is 4.74 Å². The van der Waals surface area contributed by atoms with Crippen LogP contribution in [0.15, 0.2) is 18.2 Å². The van der Waals surface area contributed by atoms with Crippen LogP contribution in [-0.4, -0.2) is 25.6 Å². The second-order valence-electron chi connectivity index (χ2n) is 5.61. The molecule has 17 heavy (non-hydrogen) atoms. The van der Waals surface area contributed by atoms with Gasteiger partial charge in [0.25, 0.3) is 0 Å². The average molecular weight is 235 g/mol. The van der Waals surface area contributed by atoms with Crippen molar-refractivity contribution in [3.05, 3.63) is 29.3 Å². The van der Waals surface area contributed by atoms with Gasteiger partial charge in [0.2, 0.25) is 0 Å². The van der Waals surface area contributed by atoms with E-state index in [1.807, 2.05) is 0 Å². The monoisotopic (exact) mass is 235 g/mol. The first-order valence-electron chi connectivity index (χ1n) is 6.24. The standard InChI is InChI=1S/C15H25NO/c1-7-16(5)11-12-8-9-13(15(2,3)4)10-14(12)17-6/h8-10H,7,11H2,1-6H3. The third kappa shape index (κ3) is 3.74. The van der Waals surface area contributed by atoms with Crippen molar-refractivity contribution < 1.29 is 4.74 Å². The molecule has 0 bridgehead atoms. The molecule has 1 rings (SSSR count). The van der Waals surface area contributed by atoms with Crippen molar-refractivity contribution in [2.45, 2.75) is 39.7 Å². The van der Waals surface area contributed by atoms with Gasteiger partial charge in [-0.3, -0.25) is 0 Å². The molecule has 0 spiro atoms. The zero-order valence-corrected chi connectivity index (χ0v) is 12.0. The van der Waals surface area contributed by atoms with E-state index >= 15 is 0 Å². The zero-order chi connectivity index (χ0) is 13.1. The summed E-state index contributed by atoms with van der Waals surface area (Å²) < 4.78 is 5.50. The number of hydrogen-bond acceptors (Lipinski definition) is 2. The van der Waals surface area contributed by atoms with Crippen LogP contribution in [-0.2, 0) is 12.0 Å². The third-order valence-electron chi connectivity index (χ3n) is 3.13. The minimum Gasteiger partial charge on any atom is -0.496 e. The Morgan fingerprint density at radius 3 is 2.35 bits per heavy atom. The summed E-state index contributed by atoms with van der Waals surface area (Å²) in [6.45, 7) is 10.8. The quantitative estimate of drug-likeness (QED) is 0.792. The number of hydrogen-bond donors (Lipinski definition) is 0. The first kappa shape index (κ1) is 14.0. The van der Waals surface area contributed by atoms with E-state index in [0.29, 0.717) is 0 Å². The Balaban J connectivity index is 3.01. The van der Waals surface area contributed by atoms with Crippen LogP contribution in [0, 0.1) is 0 Å². The van der Waals surface area contributed by atoms with Crippen molar-refractivity contribution in [2.24, 2.45) is 0 Å². The molecule has 0 atom stereocenters. The van der Waals surface area contributed by atoms with E-state index in [-0.39, 0.29) is 5.41 Å². The first-order valence-corrected chi connectivity index (χ1v) is 6.24. The number of methoxy groups -OCH3 is 1. The smallest absolute Gasteiger partial charge is 0.123 e. The summed E-state index contributed by atoms with van der Waals surface area (Å²) in [7, 11) is 3.87. The van der Waals surface area contributed by atoms with Crippen molar-refractivity contribution in [3.8, 4) is 5.75 Å². The topological polar surface area (TPSA) is 12.5 Å². The van der Waals surface area contributed by atoms with Crippen LogP contribution < -0.4 is 4.74 Å². The van der Waals surface area contributed by atoms with Crippen LogP contribution >= 0.6 is 0 Å². The molecule has 0 amide bonds. The van der Waals surface area contributed by atoms with E-state index < -0.39 is 0 Å². The van der Waals surface area contributed by atoms with Crippen LogP contribution in [0.5, 0.6) is 5.75 Å². The Morgan fingerprint density at radius 1 is 1.24 bits per heavy atom. The summed E-state index contributed by atoms with van der Waals surface area (Å²) >= 11 is 0. The molecule has 0 unspecified atom stereocenters. The summed E-state index contributed by atoms with van der Waals surface area (Å²) in [6.07, 6.45) is 0. The molecule has 96 valence electrons. The zero-order valence-electron chi connectivity index (χ0n) is 12.0. The fraction of sp³-hybridized carbons (Fsp3) is 0.600. The lowest BCUT2D eigenvalue weighted by Crippen LogP contribution is -2.18. The molecule has 0 saturated carbocycles. The third-order valence-corrected chi connectivity index (χ3v) is 3.13. The SMILES string of the molecule is CCN(C)Cc1ccc(C(C)(C)C)cc1OC. The maximum Gasteiger partial charge on any atom is 0.123 e. The van der Waals surface area contributed by atoms with Gasteiger partial charge in [-0.2, -0.15) is 0 Å². The summed E-state index contributed by atoms with van der Waals surface area (Å²) in [6, 6.07) is 6.56. The molecule has 0 saturated heterocycles. The van der Waals surface area contributed by atoms with E-state index in [2.05, 4.69) is 57.8 Å². The highest BCUT2D eigenvalue weighted by Crippen LogP contribution is 2.29. The molecule has 1 aromatic rings. The molecule has 0 aliphatic rings. The van der Waals surface area contributed by atoms with E-state index in [0.717, 1.165) is 18.8 Å². The molecule has 0 aliphatic carbocycles. The van der Waals surface area contributed by atoms with Gasteiger partial charge in [-0.05, 0) is 30.6 Å². The van der Waals surface area contributed by atoms with Crippen LogP contribution in [0.3, 0.4) is 0 Å². The normalized spacial score (nSPS) is 11.9. The maximum atomic E-state index is 5.50. The highest BCUT2D eigenvalue weighted by atomic mass is 16.5. The molecule has 0 radical (unpaired) electrons. The van der Waals surface area contributed by atoms with Gasteiger partial charge in [-0.25, -0.2) is 0 Å². The van der Waals surface area contributed by atoms with Gasteiger partial charge in [0.05, 0.1) is 7.11 Å². The fourth-order valence-electron chi connectivity index (χ4n) is 1.74. The van der Waals surface area contributed by atoms with E-state index in [9.17, 15) is 0 Å². The molecule has 0 fully saturated rings. The van der Waals surface area contributed by atoms with Crippen molar-refractivity contribution in [1.29, 1.82) is 0 Å². The van der Waals surface area contributed by atoms with Crippen molar-refractivity contribution >= 4 is 0 Å². The summed E-state index contributed by atoms with van der Waals surface area (Å²) in [5.41, 5.74) is 2.74. The average Bonchev–Trinajstić information content (AvgIpc) is 2.27. The molecular weight excluding hydrogens is 210 g/mol. The molecule has 0 aromatic heterocycles. The molecule has 0 aliphatic heterocycles. The second-order valence-corrected chi connectivity index (χ2v) is 5.61. The van der Waals surface area contributed by atoms with Gasteiger partial charge >= 0.3 is 0 Å². The summed E-state index contributed by atoms with van der Waals surface area (Å²) in [4.78, 5) is 2.27. The molecule has 2 heteroatoms. The minimum absolute atomic E-state index is 0.169. The Hall–Kier alpha value is -1.02. The predicted octanol–water partition coefficient (Wildman–Crippen LogP) is 3.44. The van der Waals surface area contributed by atoms with Crippen LogP contribution in [0.2, 0.25) is 0 Å². The fourth-order valence-corrected chi connectivity index (χ4v) is 1.74. The molecule has 0 N–H and O–H groups in total. The molecular formula is C15H25NO. The maximum absolute atomic E-state index is 5.50. The van der Waals surface area contributed by atoms with Gasteiger partial charge in [-0.1, -0.05) is 39.8 Å². The number of benzene rings is 1. The van der Waals surface area contributed by atoms with Gasteiger partial charge in [0.15, 0.2) is 0 Å². The van der Waals surface area contributed by atoms with Crippen LogP contribution in [0.1, 0.15) is 38.8 Å². The lowest BCUT2D eigenvalue weighted by Gasteiger charge is -2.22. The van der Waals surface area contributed by atoms with Crippen LogP contribution in [0.25, 0.3) is 0 Å². The summed E-state index contributed by atoms with van der Waals surface area (Å²) in [5, 5.41) is 0. The van der Waals surface area contributed by atoms with Gasteiger partial charge in [-0.15, -0.1) is 0 Å². The Morgan fingerprint density at radius 2 is 1.88 bits per heavy atom. The van der Waals surface area contributed by atoms with Crippen molar-refractivity contribution in [2.75, 3.05) is 20.7 Å². The van der Waals surface area contributed by atoms with Crippen LogP contribution in [0.4, 0.5) is 0 Å². The molecule has 2 nitrogen and oxygen atoms in total. The Labute approximate surface area is 106 Å². The first-order chi connectivity index (χ1) is 7.88. The van der Waals surface area contributed by atoms with Gasteiger partial charge in [0, 0.05) is 12.1 Å². The number of ether oxygens (including phenoxy) is 1. The van der Waals surface area contributed by atoms with E-state index in [1.165, 1.54) is 11.1 Å². The van der Waals surface area contributed by atoms with Crippen molar-refractivity contribution in [1.82, 2.24) is 4.90 Å². The predicted molar refractivity (Wildman–Crippen MR) is 73.7 cm³/mol. The molecule has 0 heterocycles. The Kier molecular flexibility index (Phi) is 4.58. The number of rotatable bonds is 4. The lowest BCUT2D eigenvalue weighted by molar-refractivity contribution is 0.332. The van der Waals surface area contributed by atoms with Crippen molar-refractivity contribution in [3.63, 3.8) is 0 Å². The van der Waals surface area contributed by atoms with Gasteiger partial charge in [0.1, 0.15) is 5.75 Å². The van der Waals surface area contributed by atoms with E-state index in [1.54, 1.807) is 7.11 Å². The highest BCUT2D eigenvalue weighted by molar-refractivity contribution is 5.40.